The molecule has 0 radical (unpaired) electrons. The van der Waals surface area contributed by atoms with E-state index in [4.69, 9.17) is 4.52 Å². The number of aliphatic carboxylic acids is 1. The van der Waals surface area contributed by atoms with Crippen molar-refractivity contribution < 1.29 is 53.6 Å². The van der Waals surface area contributed by atoms with E-state index in [0.717, 1.165) is 5.56 Å². The summed E-state index contributed by atoms with van der Waals surface area (Å²) in [5.74, 6) is -1.86. The largest absolute Gasteiger partial charge is 1.00 e. The minimum Gasteiger partial charge on any atom is -0.548 e. The van der Waals surface area contributed by atoms with Crippen molar-refractivity contribution in [1.29, 1.82) is 0 Å². The fourth-order valence-corrected chi connectivity index (χ4v) is 5.39. The van der Waals surface area contributed by atoms with Gasteiger partial charge in [-0.25, -0.2) is 0 Å². The second-order valence-corrected chi connectivity index (χ2v) is 9.13. The van der Waals surface area contributed by atoms with Crippen LogP contribution in [0.5, 0.6) is 0 Å². The summed E-state index contributed by atoms with van der Waals surface area (Å²) < 4.78 is 4.49. The molecule has 1 aromatic heterocycles. The molecule has 10 heteroatoms. The fraction of sp³-hybridized carbons (Fsp3) is 0.368. The molecule has 1 N–H and O–H groups in total. The van der Waals surface area contributed by atoms with Gasteiger partial charge in [0.15, 0.2) is 0 Å². The summed E-state index contributed by atoms with van der Waals surface area (Å²) in [7, 11) is 0. The van der Waals surface area contributed by atoms with Crippen LogP contribution in [0.1, 0.15) is 30.0 Å². The number of β-lactam (4-membered cyclic amide) rings is 1. The third-order valence-electron chi connectivity index (χ3n) is 5.09. The maximum atomic E-state index is 12.9. The number of nitrogens with zero attached hydrogens (tertiary/aromatic N) is 2. The Balaban J connectivity index is 0.00000240. The average molecular weight is 423 g/mol. The quantitative estimate of drug-likeness (QED) is 0.429. The van der Waals surface area contributed by atoms with E-state index in [0.29, 0.717) is 11.5 Å². The SMILES string of the molecule is Cc1onc(-c2ccccc2)c1C(=O)N[C@@H]1C(=O)N2[C@@H](C(=O)[O-])C(C)(C)S[C@@H]12.[Na+]. The third-order valence-corrected chi connectivity index (χ3v) is 6.66. The molecule has 1 aromatic carbocycles. The van der Waals surface area contributed by atoms with Gasteiger partial charge in [-0.05, 0) is 20.8 Å². The van der Waals surface area contributed by atoms with Crippen LogP contribution in [0, 0.1) is 6.92 Å². The smallest absolute Gasteiger partial charge is 0.548 e. The van der Waals surface area contributed by atoms with E-state index in [1.165, 1.54) is 16.7 Å². The van der Waals surface area contributed by atoms with Gasteiger partial charge >= 0.3 is 29.6 Å². The Kier molecular flexibility index (Phi) is 5.88. The van der Waals surface area contributed by atoms with E-state index in [2.05, 4.69) is 10.5 Å². The van der Waals surface area contributed by atoms with Crippen molar-refractivity contribution in [1.82, 2.24) is 15.4 Å². The van der Waals surface area contributed by atoms with Gasteiger partial charge in [0.05, 0.1) is 12.0 Å². The van der Waals surface area contributed by atoms with Crippen molar-refractivity contribution in [2.75, 3.05) is 0 Å². The van der Waals surface area contributed by atoms with Crippen LogP contribution >= 0.6 is 11.8 Å². The van der Waals surface area contributed by atoms with Crippen molar-refractivity contribution in [3.63, 3.8) is 0 Å². The molecule has 2 saturated heterocycles. The molecule has 0 aliphatic carbocycles. The Morgan fingerprint density at radius 1 is 1.28 bits per heavy atom. The molecule has 0 saturated carbocycles. The van der Waals surface area contributed by atoms with E-state index in [9.17, 15) is 19.5 Å². The van der Waals surface area contributed by atoms with Gasteiger partial charge in [-0.2, -0.15) is 0 Å². The zero-order valence-electron chi connectivity index (χ0n) is 16.5. The van der Waals surface area contributed by atoms with Gasteiger partial charge in [-0.1, -0.05) is 35.5 Å². The van der Waals surface area contributed by atoms with Crippen molar-refractivity contribution in [2.45, 2.75) is 43.0 Å². The molecule has 146 valence electrons. The zero-order valence-corrected chi connectivity index (χ0v) is 19.3. The van der Waals surface area contributed by atoms with Crippen LogP contribution in [-0.2, 0) is 9.59 Å². The number of carbonyl (C=O) groups excluding carboxylic acids is 3. The summed E-state index contributed by atoms with van der Waals surface area (Å²) in [6.07, 6.45) is 0. The summed E-state index contributed by atoms with van der Waals surface area (Å²) >= 11 is 1.34. The standard InChI is InChI=1S/C19H19N3O5S.Na/c1-9-11(12(21-27-9)10-7-5-4-6-8-10)15(23)20-13-16(24)22-14(18(25)26)19(2,3)28-17(13)22;/h4-8,13-14,17H,1-3H3,(H,20,23)(H,25,26);/q;+1/p-1/t13-,14+,17+;/m1./s1. The van der Waals surface area contributed by atoms with E-state index in [1.54, 1.807) is 20.8 Å². The molecule has 8 nitrogen and oxygen atoms in total. The zero-order chi connectivity index (χ0) is 20.2. The first kappa shape index (κ1) is 21.9. The molecule has 4 rings (SSSR count). The Morgan fingerprint density at radius 3 is 2.55 bits per heavy atom. The number of carboxylic acid groups (broad SMARTS) is 1. The Labute approximate surface area is 193 Å². The number of carboxylic acids is 1. The number of amides is 2. The van der Waals surface area contributed by atoms with Gasteiger partial charge in [0.25, 0.3) is 5.91 Å². The van der Waals surface area contributed by atoms with Crippen molar-refractivity contribution in [2.24, 2.45) is 0 Å². The van der Waals surface area contributed by atoms with Crippen LogP contribution in [0.3, 0.4) is 0 Å². The van der Waals surface area contributed by atoms with Crippen molar-refractivity contribution in [3.8, 4) is 11.3 Å². The number of hydrogen-bond donors (Lipinski definition) is 1. The first-order chi connectivity index (χ1) is 13.2. The number of aryl methyl sites for hydroxylation is 1. The average Bonchev–Trinajstić information content (AvgIpc) is 3.15. The summed E-state index contributed by atoms with van der Waals surface area (Å²) in [4.78, 5) is 38.2. The molecule has 0 bridgehead atoms. The van der Waals surface area contributed by atoms with Gasteiger partial charge in [0.1, 0.15) is 28.4 Å². The number of benzene rings is 1. The van der Waals surface area contributed by atoms with Crippen molar-refractivity contribution in [3.05, 3.63) is 41.7 Å². The monoisotopic (exact) mass is 423 g/mol. The first-order valence-corrected chi connectivity index (χ1v) is 9.64. The minimum atomic E-state index is -1.29. The Morgan fingerprint density at radius 2 is 1.93 bits per heavy atom. The normalized spacial score (nSPS) is 24.3. The predicted octanol–water partition coefficient (Wildman–Crippen LogP) is -2.44. The first-order valence-electron chi connectivity index (χ1n) is 8.76. The molecule has 2 fully saturated rings. The van der Waals surface area contributed by atoms with Crippen LogP contribution in [0.25, 0.3) is 11.3 Å². The van der Waals surface area contributed by atoms with Crippen LogP contribution in [0.2, 0.25) is 0 Å². The van der Waals surface area contributed by atoms with E-state index < -0.39 is 40.0 Å². The Bertz CT molecular complexity index is 977. The number of nitrogens with one attached hydrogen (secondary N) is 1. The molecule has 2 aliphatic rings. The molecule has 2 amide bonds. The summed E-state index contributed by atoms with van der Waals surface area (Å²) in [5, 5.41) is 17.7. The third kappa shape index (κ3) is 3.50. The fourth-order valence-electron chi connectivity index (χ4n) is 3.77. The summed E-state index contributed by atoms with van der Waals surface area (Å²) in [6, 6.07) is 7.29. The van der Waals surface area contributed by atoms with Crippen LogP contribution < -0.4 is 40.0 Å². The van der Waals surface area contributed by atoms with Crippen LogP contribution in [-0.4, -0.2) is 50.0 Å². The molecule has 3 heterocycles. The summed E-state index contributed by atoms with van der Waals surface area (Å²) in [6.45, 7) is 5.13. The topological polar surface area (TPSA) is 116 Å². The molecule has 3 atom stereocenters. The maximum Gasteiger partial charge on any atom is 1.00 e. The van der Waals surface area contributed by atoms with Gasteiger partial charge in [0, 0.05) is 10.3 Å². The molecular weight excluding hydrogens is 405 g/mol. The molecule has 2 aromatic rings. The number of rotatable bonds is 4. The number of aromatic nitrogens is 1. The number of thioether (sulfide) groups is 1. The van der Waals surface area contributed by atoms with Gasteiger partial charge in [-0.15, -0.1) is 11.8 Å². The molecule has 0 spiro atoms. The van der Waals surface area contributed by atoms with E-state index in [-0.39, 0.29) is 35.1 Å². The molecule has 2 aliphatic heterocycles. The van der Waals surface area contributed by atoms with E-state index in [1.807, 2.05) is 30.3 Å². The van der Waals surface area contributed by atoms with E-state index >= 15 is 0 Å². The molecule has 29 heavy (non-hydrogen) atoms. The van der Waals surface area contributed by atoms with Gasteiger partial charge in [-0.3, -0.25) is 9.59 Å². The number of fused-ring (bicyclic) bond motifs is 1. The molecule has 0 unspecified atom stereocenters. The number of hydrogen-bond acceptors (Lipinski definition) is 7. The predicted molar refractivity (Wildman–Crippen MR) is 99.0 cm³/mol. The van der Waals surface area contributed by atoms with Gasteiger partial charge in [0.2, 0.25) is 5.91 Å². The van der Waals surface area contributed by atoms with Crippen LogP contribution in [0.15, 0.2) is 34.9 Å². The Hall–Kier alpha value is -1.81. The maximum absolute atomic E-state index is 12.9. The van der Waals surface area contributed by atoms with Crippen LogP contribution in [0.4, 0.5) is 0 Å². The summed E-state index contributed by atoms with van der Waals surface area (Å²) in [5.41, 5.74) is 1.38. The second-order valence-electron chi connectivity index (χ2n) is 7.36. The van der Waals surface area contributed by atoms with Gasteiger partial charge < -0.3 is 24.6 Å². The van der Waals surface area contributed by atoms with Crippen molar-refractivity contribution >= 4 is 29.5 Å². The second kappa shape index (κ2) is 7.79. The minimum absolute atomic E-state index is 0. The number of carbonyl (C=O) groups is 3. The molecular formula is C19H18N3NaO5S.